The van der Waals surface area contributed by atoms with E-state index in [4.69, 9.17) is 0 Å². The number of aromatic nitrogens is 2. The van der Waals surface area contributed by atoms with Crippen LogP contribution in [0.15, 0.2) is 42.7 Å². The van der Waals surface area contributed by atoms with E-state index in [1.165, 1.54) is 0 Å². The third-order valence-electron chi connectivity index (χ3n) is 2.63. The van der Waals surface area contributed by atoms with E-state index in [9.17, 15) is 4.79 Å². The molecule has 2 rings (SSSR count). The molecule has 104 valence electrons. The maximum Gasteiger partial charge on any atom is 0.320 e. The molecule has 2 heterocycles. The number of nitrogens with one attached hydrogen (secondary N) is 2. The SMILES string of the molecule is CN(C)c1ccc(CNC(=O)Nc2ccccn2)cn1. The molecule has 0 bridgehead atoms. The average molecular weight is 271 g/mol. The molecule has 0 spiro atoms. The lowest BCUT2D eigenvalue weighted by atomic mass is 10.3. The summed E-state index contributed by atoms with van der Waals surface area (Å²) >= 11 is 0. The van der Waals surface area contributed by atoms with Crippen molar-refractivity contribution < 1.29 is 4.79 Å². The fraction of sp³-hybridized carbons (Fsp3) is 0.214. The zero-order valence-electron chi connectivity index (χ0n) is 11.5. The molecule has 2 amide bonds. The smallest absolute Gasteiger partial charge is 0.320 e. The summed E-state index contributed by atoms with van der Waals surface area (Å²) in [6.45, 7) is 0.416. The minimum atomic E-state index is -0.291. The molecular weight excluding hydrogens is 254 g/mol. The van der Waals surface area contributed by atoms with E-state index < -0.39 is 0 Å². The number of urea groups is 1. The van der Waals surface area contributed by atoms with E-state index >= 15 is 0 Å². The van der Waals surface area contributed by atoms with Gasteiger partial charge in [0.15, 0.2) is 0 Å². The highest BCUT2D eigenvalue weighted by Gasteiger charge is 2.03. The Hall–Kier alpha value is -2.63. The molecule has 2 aromatic heterocycles. The first-order valence-corrected chi connectivity index (χ1v) is 6.23. The van der Waals surface area contributed by atoms with E-state index in [0.717, 1.165) is 11.4 Å². The maximum atomic E-state index is 11.7. The third kappa shape index (κ3) is 3.94. The first kappa shape index (κ1) is 13.8. The molecule has 20 heavy (non-hydrogen) atoms. The van der Waals surface area contributed by atoms with Crippen molar-refractivity contribution in [1.29, 1.82) is 0 Å². The molecular formula is C14H17N5O. The Balaban J connectivity index is 1.84. The predicted octanol–water partition coefficient (Wildman–Crippen LogP) is 1.86. The summed E-state index contributed by atoms with van der Waals surface area (Å²) in [7, 11) is 3.86. The second-order valence-corrected chi connectivity index (χ2v) is 4.44. The van der Waals surface area contributed by atoms with Gasteiger partial charge >= 0.3 is 6.03 Å². The van der Waals surface area contributed by atoms with Gasteiger partial charge in [-0.15, -0.1) is 0 Å². The number of carbonyl (C=O) groups excluding carboxylic acids is 1. The van der Waals surface area contributed by atoms with E-state index in [0.29, 0.717) is 12.4 Å². The van der Waals surface area contributed by atoms with Crippen LogP contribution in [0, 0.1) is 0 Å². The van der Waals surface area contributed by atoms with E-state index in [-0.39, 0.29) is 6.03 Å². The molecule has 0 aromatic carbocycles. The summed E-state index contributed by atoms with van der Waals surface area (Å²) in [6, 6.07) is 8.89. The number of carbonyl (C=O) groups is 1. The van der Waals surface area contributed by atoms with Crippen LogP contribution >= 0.6 is 0 Å². The summed E-state index contributed by atoms with van der Waals surface area (Å²) < 4.78 is 0. The van der Waals surface area contributed by atoms with Gasteiger partial charge in [0, 0.05) is 33.0 Å². The van der Waals surface area contributed by atoms with Crippen LogP contribution in [0.5, 0.6) is 0 Å². The van der Waals surface area contributed by atoms with Gasteiger partial charge in [-0.2, -0.15) is 0 Å². The molecule has 6 heteroatoms. The predicted molar refractivity (Wildman–Crippen MR) is 78.7 cm³/mol. The molecule has 0 radical (unpaired) electrons. The van der Waals surface area contributed by atoms with Crippen LogP contribution in [0.1, 0.15) is 5.56 Å². The van der Waals surface area contributed by atoms with Gasteiger partial charge in [0.25, 0.3) is 0 Å². The Morgan fingerprint density at radius 2 is 2.05 bits per heavy atom. The standard InChI is InChI=1S/C14H17N5O/c1-19(2)13-7-6-11(9-16-13)10-17-14(20)18-12-5-3-4-8-15-12/h3-9H,10H2,1-2H3,(H2,15,17,18,20). The molecule has 0 saturated heterocycles. The minimum absolute atomic E-state index is 0.291. The van der Waals surface area contributed by atoms with Crippen molar-refractivity contribution in [2.24, 2.45) is 0 Å². The van der Waals surface area contributed by atoms with Crippen molar-refractivity contribution in [2.75, 3.05) is 24.3 Å². The van der Waals surface area contributed by atoms with Crippen molar-refractivity contribution in [3.63, 3.8) is 0 Å². The zero-order chi connectivity index (χ0) is 14.4. The first-order chi connectivity index (χ1) is 9.65. The third-order valence-corrected chi connectivity index (χ3v) is 2.63. The monoisotopic (exact) mass is 271 g/mol. The number of hydrogen-bond donors (Lipinski definition) is 2. The molecule has 2 N–H and O–H groups in total. The highest BCUT2D eigenvalue weighted by atomic mass is 16.2. The van der Waals surface area contributed by atoms with Gasteiger partial charge in [-0.1, -0.05) is 12.1 Å². The van der Waals surface area contributed by atoms with Gasteiger partial charge in [0.1, 0.15) is 11.6 Å². The number of rotatable bonds is 4. The minimum Gasteiger partial charge on any atom is -0.363 e. The van der Waals surface area contributed by atoms with Crippen LogP contribution in [0.4, 0.5) is 16.4 Å². The van der Waals surface area contributed by atoms with Crippen LogP contribution in [0.2, 0.25) is 0 Å². The molecule has 0 aliphatic heterocycles. The largest absolute Gasteiger partial charge is 0.363 e. The summed E-state index contributed by atoms with van der Waals surface area (Å²) in [5, 5.41) is 5.40. The molecule has 6 nitrogen and oxygen atoms in total. The average Bonchev–Trinajstić information content (AvgIpc) is 2.46. The topological polar surface area (TPSA) is 70.2 Å². The Labute approximate surface area is 117 Å². The van der Waals surface area contributed by atoms with Crippen molar-refractivity contribution in [2.45, 2.75) is 6.54 Å². The van der Waals surface area contributed by atoms with Crippen molar-refractivity contribution in [3.05, 3.63) is 48.3 Å². The lowest BCUT2D eigenvalue weighted by molar-refractivity contribution is 0.251. The van der Waals surface area contributed by atoms with Crippen LogP contribution in [0.25, 0.3) is 0 Å². The Bertz CT molecular complexity index is 554. The van der Waals surface area contributed by atoms with Crippen LogP contribution in [-0.2, 0) is 6.54 Å². The normalized spacial score (nSPS) is 9.90. The lowest BCUT2D eigenvalue weighted by Crippen LogP contribution is -2.28. The van der Waals surface area contributed by atoms with Gasteiger partial charge in [0.05, 0.1) is 0 Å². The second kappa shape index (κ2) is 6.51. The van der Waals surface area contributed by atoms with Crippen LogP contribution < -0.4 is 15.5 Å². The number of anilines is 2. The van der Waals surface area contributed by atoms with Gasteiger partial charge in [-0.3, -0.25) is 5.32 Å². The molecule has 0 aliphatic carbocycles. The van der Waals surface area contributed by atoms with E-state index in [1.54, 1.807) is 24.5 Å². The van der Waals surface area contributed by atoms with Gasteiger partial charge in [0.2, 0.25) is 0 Å². The number of pyridine rings is 2. The van der Waals surface area contributed by atoms with Gasteiger partial charge in [-0.05, 0) is 23.8 Å². The molecule has 0 aliphatic rings. The van der Waals surface area contributed by atoms with Gasteiger partial charge in [-0.25, -0.2) is 14.8 Å². The van der Waals surface area contributed by atoms with Gasteiger partial charge < -0.3 is 10.2 Å². The molecule has 0 atom stereocenters. The summed E-state index contributed by atoms with van der Waals surface area (Å²) in [6.07, 6.45) is 3.37. The van der Waals surface area contributed by atoms with Crippen molar-refractivity contribution >= 4 is 17.7 Å². The maximum absolute atomic E-state index is 11.7. The fourth-order valence-corrected chi connectivity index (χ4v) is 1.57. The molecule has 0 fully saturated rings. The summed E-state index contributed by atoms with van der Waals surface area (Å²) in [5.74, 6) is 1.40. The Morgan fingerprint density at radius 1 is 1.20 bits per heavy atom. The van der Waals surface area contributed by atoms with Crippen LogP contribution in [0.3, 0.4) is 0 Å². The number of hydrogen-bond acceptors (Lipinski definition) is 4. The van der Waals surface area contributed by atoms with Crippen molar-refractivity contribution in [1.82, 2.24) is 15.3 Å². The Kier molecular flexibility index (Phi) is 4.49. The highest BCUT2D eigenvalue weighted by molar-refractivity contribution is 5.88. The summed E-state index contributed by atoms with van der Waals surface area (Å²) in [5.41, 5.74) is 0.937. The molecule has 0 unspecified atom stereocenters. The van der Waals surface area contributed by atoms with E-state index in [1.807, 2.05) is 37.2 Å². The summed E-state index contributed by atoms with van der Waals surface area (Å²) in [4.78, 5) is 21.9. The first-order valence-electron chi connectivity index (χ1n) is 6.23. The van der Waals surface area contributed by atoms with E-state index in [2.05, 4.69) is 20.6 Å². The fourth-order valence-electron chi connectivity index (χ4n) is 1.57. The van der Waals surface area contributed by atoms with Crippen LogP contribution in [-0.4, -0.2) is 30.1 Å². The number of amides is 2. The second-order valence-electron chi connectivity index (χ2n) is 4.44. The highest BCUT2D eigenvalue weighted by Crippen LogP contribution is 2.07. The van der Waals surface area contributed by atoms with Crippen molar-refractivity contribution in [3.8, 4) is 0 Å². The number of nitrogens with zero attached hydrogens (tertiary/aromatic N) is 3. The Morgan fingerprint density at radius 3 is 2.65 bits per heavy atom. The molecule has 2 aromatic rings. The quantitative estimate of drug-likeness (QED) is 0.890. The lowest BCUT2D eigenvalue weighted by Gasteiger charge is -2.11. The zero-order valence-corrected chi connectivity index (χ0v) is 11.5. The molecule has 0 saturated carbocycles.